The third kappa shape index (κ3) is 9.04. The molecule has 0 aliphatic heterocycles. The van der Waals surface area contributed by atoms with Crippen LogP contribution in [0, 0.1) is 0 Å². The van der Waals surface area contributed by atoms with Crippen LogP contribution in [-0.4, -0.2) is 92.7 Å². The third-order valence-corrected chi connectivity index (χ3v) is 6.41. The lowest BCUT2D eigenvalue weighted by molar-refractivity contribution is -0.143. The summed E-state index contributed by atoms with van der Waals surface area (Å²) < 4.78 is 0. The van der Waals surface area contributed by atoms with E-state index < -0.39 is 66.9 Å². The van der Waals surface area contributed by atoms with Crippen LogP contribution >= 0.6 is 11.8 Å². The van der Waals surface area contributed by atoms with Crippen molar-refractivity contribution in [1.82, 2.24) is 20.9 Å². The van der Waals surface area contributed by atoms with Gasteiger partial charge in [0.15, 0.2) is 0 Å². The zero-order valence-electron chi connectivity index (χ0n) is 20.8. The van der Waals surface area contributed by atoms with Crippen molar-refractivity contribution >= 4 is 52.3 Å². The second-order valence-corrected chi connectivity index (χ2v) is 9.57. The second-order valence-electron chi connectivity index (χ2n) is 8.59. The van der Waals surface area contributed by atoms with Crippen molar-refractivity contribution in [2.75, 3.05) is 18.6 Å². The van der Waals surface area contributed by atoms with Gasteiger partial charge in [0.25, 0.3) is 0 Å². The number of amides is 3. The maximum atomic E-state index is 13.3. The standard InChI is InChI=1S/C24H33N5O8S/c1-38-9-8-17(22(34)28-18(24(36)37)6-7-20(31)32)27-23(35)19(29-21(33)15(25)12-30)10-13-11-26-16-5-3-2-4-14(13)16/h2-5,11,15,17-19,26,30H,6-10,12,25H2,1H3,(H,27,35)(H,28,34)(H,29,33)(H,31,32)(H,36,37). The molecule has 4 unspecified atom stereocenters. The number of hydrogen-bond donors (Lipinski definition) is 8. The number of aliphatic hydroxyl groups is 1. The number of aliphatic hydroxyl groups excluding tert-OH is 1. The van der Waals surface area contributed by atoms with E-state index in [1.165, 1.54) is 11.8 Å². The Hall–Kier alpha value is -3.62. The SMILES string of the molecule is CSCCC(NC(=O)C(Cc1c[nH]c2ccccc12)NC(=O)C(N)CO)C(=O)NC(CCC(=O)O)C(=O)O. The van der Waals surface area contributed by atoms with Crippen LogP contribution in [0.5, 0.6) is 0 Å². The van der Waals surface area contributed by atoms with Gasteiger partial charge in [-0.3, -0.25) is 19.2 Å². The molecule has 13 nitrogen and oxygen atoms in total. The van der Waals surface area contributed by atoms with E-state index >= 15 is 0 Å². The summed E-state index contributed by atoms with van der Waals surface area (Å²) in [5.41, 5.74) is 7.14. The van der Waals surface area contributed by atoms with Crippen molar-refractivity contribution < 1.29 is 39.3 Å². The Morgan fingerprint density at radius 2 is 1.58 bits per heavy atom. The minimum Gasteiger partial charge on any atom is -0.481 e. The summed E-state index contributed by atoms with van der Waals surface area (Å²) in [7, 11) is 0. The van der Waals surface area contributed by atoms with Crippen LogP contribution < -0.4 is 21.7 Å². The number of fused-ring (bicyclic) bond motifs is 1. The molecule has 4 atom stereocenters. The number of thioether (sulfide) groups is 1. The van der Waals surface area contributed by atoms with Crippen molar-refractivity contribution in [3.8, 4) is 0 Å². The zero-order valence-corrected chi connectivity index (χ0v) is 21.6. The molecular weight excluding hydrogens is 518 g/mol. The van der Waals surface area contributed by atoms with Gasteiger partial charge in [0.05, 0.1) is 6.61 Å². The number of carbonyl (C=O) groups excluding carboxylic acids is 3. The monoisotopic (exact) mass is 551 g/mol. The molecule has 2 aromatic rings. The molecule has 1 aromatic heterocycles. The van der Waals surface area contributed by atoms with Crippen LogP contribution in [0.4, 0.5) is 0 Å². The lowest BCUT2D eigenvalue weighted by Gasteiger charge is -2.25. The van der Waals surface area contributed by atoms with Crippen molar-refractivity contribution in [2.45, 2.75) is 49.9 Å². The molecule has 0 aliphatic carbocycles. The fraction of sp³-hybridized carbons (Fsp3) is 0.458. The molecule has 0 spiro atoms. The van der Waals surface area contributed by atoms with Gasteiger partial charge in [-0.05, 0) is 36.5 Å². The number of nitrogens with two attached hydrogens (primary N) is 1. The van der Waals surface area contributed by atoms with Gasteiger partial charge < -0.3 is 42.0 Å². The van der Waals surface area contributed by atoms with Crippen LogP contribution in [0.25, 0.3) is 10.9 Å². The number of rotatable bonds is 16. The van der Waals surface area contributed by atoms with Gasteiger partial charge in [0.1, 0.15) is 24.2 Å². The number of hydrogen-bond acceptors (Lipinski definition) is 8. The van der Waals surface area contributed by atoms with E-state index in [0.717, 1.165) is 10.9 Å². The number of H-pyrrole nitrogens is 1. The number of nitrogens with one attached hydrogen (secondary N) is 4. The van der Waals surface area contributed by atoms with Crippen molar-refractivity contribution in [2.24, 2.45) is 5.73 Å². The highest BCUT2D eigenvalue weighted by Gasteiger charge is 2.31. The molecule has 0 radical (unpaired) electrons. The largest absolute Gasteiger partial charge is 0.481 e. The van der Waals surface area contributed by atoms with Crippen molar-refractivity contribution in [1.29, 1.82) is 0 Å². The molecule has 0 aliphatic rings. The Balaban J connectivity index is 2.25. The van der Waals surface area contributed by atoms with Gasteiger partial charge in [0, 0.05) is 29.9 Å². The molecule has 1 heterocycles. The summed E-state index contributed by atoms with van der Waals surface area (Å²) in [6.07, 6.45) is 2.86. The Labute approximate surface area is 222 Å². The normalized spacial score (nSPS) is 14.2. The number of aromatic nitrogens is 1. The molecule has 0 saturated carbocycles. The van der Waals surface area contributed by atoms with E-state index in [9.17, 15) is 34.2 Å². The van der Waals surface area contributed by atoms with Crippen LogP contribution in [0.1, 0.15) is 24.8 Å². The summed E-state index contributed by atoms with van der Waals surface area (Å²) >= 11 is 1.40. The number of aliphatic carboxylic acids is 2. The van der Waals surface area contributed by atoms with E-state index in [1.54, 1.807) is 12.5 Å². The number of carbonyl (C=O) groups is 5. The minimum absolute atomic E-state index is 0.0347. The predicted octanol–water partition coefficient (Wildman–Crippen LogP) is -0.813. The lowest BCUT2D eigenvalue weighted by Crippen LogP contribution is -2.58. The molecule has 14 heteroatoms. The first-order valence-corrected chi connectivity index (χ1v) is 13.2. The number of benzene rings is 1. The Morgan fingerprint density at radius 3 is 2.21 bits per heavy atom. The number of para-hydroxylation sites is 1. The number of carboxylic acids is 2. The molecule has 0 saturated heterocycles. The quantitative estimate of drug-likeness (QED) is 0.129. The summed E-state index contributed by atoms with van der Waals surface area (Å²) in [6, 6.07) is 2.29. The van der Waals surface area contributed by atoms with Crippen LogP contribution in [0.15, 0.2) is 30.5 Å². The van der Waals surface area contributed by atoms with Crippen LogP contribution in [-0.2, 0) is 30.4 Å². The molecular formula is C24H33N5O8S. The number of carboxylic acid groups (broad SMARTS) is 2. The second kappa shape index (κ2) is 15.0. The summed E-state index contributed by atoms with van der Waals surface area (Å²) in [6.45, 7) is -0.640. The molecule has 208 valence electrons. The molecule has 0 fully saturated rings. The predicted molar refractivity (Wildman–Crippen MR) is 140 cm³/mol. The van der Waals surface area contributed by atoms with Gasteiger partial charge in [-0.1, -0.05) is 18.2 Å². The first-order valence-electron chi connectivity index (χ1n) is 11.8. The molecule has 9 N–H and O–H groups in total. The maximum Gasteiger partial charge on any atom is 0.326 e. The van der Waals surface area contributed by atoms with Gasteiger partial charge >= 0.3 is 11.9 Å². The van der Waals surface area contributed by atoms with E-state index in [2.05, 4.69) is 20.9 Å². The van der Waals surface area contributed by atoms with Gasteiger partial charge in [-0.25, -0.2) is 4.79 Å². The molecule has 2 rings (SSSR count). The van der Waals surface area contributed by atoms with Gasteiger partial charge in [-0.15, -0.1) is 0 Å². The fourth-order valence-electron chi connectivity index (χ4n) is 3.67. The molecule has 1 aromatic carbocycles. The van der Waals surface area contributed by atoms with Gasteiger partial charge in [0.2, 0.25) is 17.7 Å². The smallest absolute Gasteiger partial charge is 0.326 e. The average molecular weight is 552 g/mol. The van der Waals surface area contributed by atoms with Crippen molar-refractivity contribution in [3.63, 3.8) is 0 Å². The Morgan fingerprint density at radius 1 is 0.947 bits per heavy atom. The summed E-state index contributed by atoms with van der Waals surface area (Å²) in [5, 5.41) is 35.7. The zero-order chi connectivity index (χ0) is 28.2. The lowest BCUT2D eigenvalue weighted by atomic mass is 10.0. The Bertz CT molecular complexity index is 1140. The topological polar surface area (TPSA) is 224 Å². The fourth-order valence-corrected chi connectivity index (χ4v) is 4.14. The summed E-state index contributed by atoms with van der Waals surface area (Å²) in [4.78, 5) is 64.2. The highest BCUT2D eigenvalue weighted by Crippen LogP contribution is 2.19. The first kappa shape index (κ1) is 30.6. The summed E-state index contributed by atoms with van der Waals surface area (Å²) in [5.74, 6) is -4.45. The highest BCUT2D eigenvalue weighted by atomic mass is 32.2. The minimum atomic E-state index is -1.46. The van der Waals surface area contributed by atoms with Gasteiger partial charge in [-0.2, -0.15) is 11.8 Å². The van der Waals surface area contributed by atoms with Crippen LogP contribution in [0.2, 0.25) is 0 Å². The first-order chi connectivity index (χ1) is 18.1. The maximum absolute atomic E-state index is 13.3. The van der Waals surface area contributed by atoms with Crippen LogP contribution in [0.3, 0.4) is 0 Å². The molecule has 38 heavy (non-hydrogen) atoms. The highest BCUT2D eigenvalue weighted by molar-refractivity contribution is 7.98. The van der Waals surface area contributed by atoms with E-state index in [4.69, 9.17) is 10.8 Å². The third-order valence-electron chi connectivity index (χ3n) is 5.77. The van der Waals surface area contributed by atoms with E-state index in [0.29, 0.717) is 11.3 Å². The number of aromatic amines is 1. The van der Waals surface area contributed by atoms with E-state index in [-0.39, 0.29) is 19.3 Å². The average Bonchev–Trinajstić information content (AvgIpc) is 3.30. The van der Waals surface area contributed by atoms with Crippen molar-refractivity contribution in [3.05, 3.63) is 36.0 Å². The molecule has 3 amide bonds. The molecule has 0 bridgehead atoms. The Kier molecular flexibility index (Phi) is 12.0. The van der Waals surface area contributed by atoms with E-state index in [1.807, 2.05) is 24.3 Å².